The van der Waals surface area contributed by atoms with Crippen molar-refractivity contribution in [3.63, 3.8) is 0 Å². The van der Waals surface area contributed by atoms with E-state index in [9.17, 15) is 4.79 Å². The summed E-state index contributed by atoms with van der Waals surface area (Å²) in [6, 6.07) is 11.3. The van der Waals surface area contributed by atoms with E-state index >= 15 is 0 Å². The van der Waals surface area contributed by atoms with E-state index in [1.807, 2.05) is 30.3 Å². The van der Waals surface area contributed by atoms with Crippen LogP contribution in [0.15, 0.2) is 42.5 Å². The second-order valence-corrected chi connectivity index (χ2v) is 8.91. The van der Waals surface area contributed by atoms with Crippen molar-refractivity contribution in [2.75, 3.05) is 19.8 Å². The Morgan fingerprint density at radius 1 is 0.812 bits per heavy atom. The molecule has 4 heteroatoms. The van der Waals surface area contributed by atoms with E-state index in [1.54, 1.807) is 18.2 Å². The minimum Gasteiger partial charge on any atom is -0.494 e. The summed E-state index contributed by atoms with van der Waals surface area (Å²) in [4.78, 5) is 12.7. The van der Waals surface area contributed by atoms with Crippen molar-refractivity contribution in [1.82, 2.24) is 0 Å². The van der Waals surface area contributed by atoms with E-state index in [0.29, 0.717) is 25.4 Å². The molecule has 0 unspecified atom stereocenters. The number of carbonyl (C=O) groups excluding carboxylic acids is 1. The van der Waals surface area contributed by atoms with Crippen molar-refractivity contribution in [3.8, 4) is 17.2 Å². The maximum Gasteiger partial charge on any atom is 0.185 e. The molecule has 0 atom stereocenters. The Hall–Kier alpha value is -2.75. The van der Waals surface area contributed by atoms with Gasteiger partial charge in [-0.05, 0) is 72.7 Å². The zero-order chi connectivity index (χ0) is 23.6. The summed E-state index contributed by atoms with van der Waals surface area (Å²) in [6.45, 7) is 14.7. The molecule has 2 aromatic rings. The molecule has 0 aliphatic heterocycles. The molecule has 0 fully saturated rings. The number of benzene rings is 2. The first-order chi connectivity index (χ1) is 15.3. The number of hydrogen-bond acceptors (Lipinski definition) is 4. The summed E-state index contributed by atoms with van der Waals surface area (Å²) in [5.41, 5.74) is 2.43. The van der Waals surface area contributed by atoms with Crippen LogP contribution in [0, 0.1) is 0 Å². The van der Waals surface area contributed by atoms with Crippen molar-refractivity contribution in [2.45, 2.75) is 66.2 Å². The molecule has 32 heavy (non-hydrogen) atoms. The number of rotatable bonds is 12. The zero-order valence-electron chi connectivity index (χ0n) is 20.5. The average molecular weight is 439 g/mol. The largest absolute Gasteiger partial charge is 0.494 e. The highest BCUT2D eigenvalue weighted by Crippen LogP contribution is 2.40. The van der Waals surface area contributed by atoms with Crippen LogP contribution in [-0.2, 0) is 5.41 Å². The van der Waals surface area contributed by atoms with Crippen LogP contribution < -0.4 is 14.2 Å². The molecule has 4 nitrogen and oxygen atoms in total. The van der Waals surface area contributed by atoms with Crippen molar-refractivity contribution < 1.29 is 19.0 Å². The summed E-state index contributed by atoms with van der Waals surface area (Å²) in [7, 11) is 0. The van der Waals surface area contributed by atoms with Crippen LogP contribution in [0.25, 0.3) is 6.08 Å². The van der Waals surface area contributed by atoms with E-state index in [4.69, 9.17) is 14.2 Å². The molecule has 0 spiro atoms. The second-order valence-electron chi connectivity index (χ2n) is 8.91. The first kappa shape index (κ1) is 25.5. The smallest absolute Gasteiger partial charge is 0.185 e. The number of allylic oxidation sites excluding steroid dienone is 1. The van der Waals surface area contributed by atoms with Gasteiger partial charge in [0, 0.05) is 11.1 Å². The highest BCUT2D eigenvalue weighted by molar-refractivity contribution is 6.06. The van der Waals surface area contributed by atoms with E-state index in [0.717, 1.165) is 47.6 Å². The van der Waals surface area contributed by atoms with Gasteiger partial charge in [-0.15, -0.1) is 0 Å². The van der Waals surface area contributed by atoms with Gasteiger partial charge in [-0.3, -0.25) is 4.79 Å². The van der Waals surface area contributed by atoms with Crippen LogP contribution in [0.4, 0.5) is 0 Å². The summed E-state index contributed by atoms with van der Waals surface area (Å²) in [5.74, 6) is 2.36. The standard InChI is InChI=1S/C28H38O4/c1-7-16-30-23-13-11-22(12-14-23)24(29)15-10-21-19-25(31-17-8-2)27(28(4,5)6)26(20-21)32-18-9-3/h10-15,19-20H,7-9,16-18H2,1-6H3/b15-10+. The maximum absolute atomic E-state index is 12.7. The quantitative estimate of drug-likeness (QED) is 0.259. The Morgan fingerprint density at radius 3 is 1.78 bits per heavy atom. The van der Waals surface area contributed by atoms with Gasteiger partial charge in [0.05, 0.1) is 19.8 Å². The molecule has 2 aromatic carbocycles. The monoisotopic (exact) mass is 438 g/mol. The van der Waals surface area contributed by atoms with Crippen LogP contribution in [0.5, 0.6) is 17.2 Å². The van der Waals surface area contributed by atoms with Crippen LogP contribution >= 0.6 is 0 Å². The van der Waals surface area contributed by atoms with Gasteiger partial charge < -0.3 is 14.2 Å². The normalized spacial score (nSPS) is 11.6. The summed E-state index contributed by atoms with van der Waals surface area (Å²) < 4.78 is 17.8. The van der Waals surface area contributed by atoms with Crippen LogP contribution in [0.1, 0.15) is 82.3 Å². The van der Waals surface area contributed by atoms with Gasteiger partial charge in [0.15, 0.2) is 5.78 Å². The van der Waals surface area contributed by atoms with Gasteiger partial charge in [-0.25, -0.2) is 0 Å². The van der Waals surface area contributed by atoms with Crippen LogP contribution in [0.2, 0.25) is 0 Å². The summed E-state index contributed by atoms with van der Waals surface area (Å²) in [5, 5.41) is 0. The number of carbonyl (C=O) groups is 1. The molecular weight excluding hydrogens is 400 g/mol. The van der Waals surface area contributed by atoms with E-state index < -0.39 is 0 Å². The third-order valence-corrected chi connectivity index (χ3v) is 4.80. The summed E-state index contributed by atoms with van der Waals surface area (Å²) >= 11 is 0. The van der Waals surface area contributed by atoms with Crippen LogP contribution in [0.3, 0.4) is 0 Å². The molecule has 0 N–H and O–H groups in total. The lowest BCUT2D eigenvalue weighted by Crippen LogP contribution is -2.16. The molecule has 174 valence electrons. The molecule has 2 rings (SSSR count). The zero-order valence-corrected chi connectivity index (χ0v) is 20.5. The molecule has 0 saturated heterocycles. The molecule has 0 aliphatic rings. The molecule has 0 bridgehead atoms. The number of ketones is 1. The fraction of sp³-hybridized carbons (Fsp3) is 0.464. The molecule has 0 saturated carbocycles. The van der Waals surface area contributed by atoms with Crippen molar-refractivity contribution >= 4 is 11.9 Å². The number of ether oxygens (including phenoxy) is 3. The number of hydrogen-bond donors (Lipinski definition) is 0. The minimum atomic E-state index is -0.133. The van der Waals surface area contributed by atoms with E-state index in [1.165, 1.54) is 0 Å². The van der Waals surface area contributed by atoms with Gasteiger partial charge >= 0.3 is 0 Å². The lowest BCUT2D eigenvalue weighted by molar-refractivity contribution is 0.104. The van der Waals surface area contributed by atoms with Crippen molar-refractivity contribution in [2.24, 2.45) is 0 Å². The molecule has 0 aromatic heterocycles. The van der Waals surface area contributed by atoms with Gasteiger partial charge in [0.2, 0.25) is 0 Å². The first-order valence-corrected chi connectivity index (χ1v) is 11.7. The molecule has 0 radical (unpaired) electrons. The Kier molecular flexibility index (Phi) is 9.83. The average Bonchev–Trinajstić information content (AvgIpc) is 2.77. The van der Waals surface area contributed by atoms with Gasteiger partial charge in [-0.2, -0.15) is 0 Å². The summed E-state index contributed by atoms with van der Waals surface area (Å²) in [6.07, 6.45) is 6.22. The van der Waals surface area contributed by atoms with E-state index in [2.05, 4.69) is 41.5 Å². The van der Waals surface area contributed by atoms with Gasteiger partial charge in [-0.1, -0.05) is 47.6 Å². The third kappa shape index (κ3) is 7.44. The maximum atomic E-state index is 12.7. The lowest BCUT2D eigenvalue weighted by atomic mass is 9.84. The second kappa shape index (κ2) is 12.3. The predicted molar refractivity (Wildman–Crippen MR) is 132 cm³/mol. The highest BCUT2D eigenvalue weighted by Gasteiger charge is 2.25. The molecule has 0 aliphatic carbocycles. The highest BCUT2D eigenvalue weighted by atomic mass is 16.5. The molecular formula is C28H38O4. The Morgan fingerprint density at radius 2 is 1.31 bits per heavy atom. The van der Waals surface area contributed by atoms with Gasteiger partial charge in [0.1, 0.15) is 17.2 Å². The Balaban J connectivity index is 2.32. The molecule has 0 heterocycles. The lowest BCUT2D eigenvalue weighted by Gasteiger charge is -2.26. The first-order valence-electron chi connectivity index (χ1n) is 11.7. The predicted octanol–water partition coefficient (Wildman–Crippen LogP) is 7.25. The Labute approximate surface area is 193 Å². The van der Waals surface area contributed by atoms with Crippen molar-refractivity contribution in [3.05, 3.63) is 59.2 Å². The minimum absolute atomic E-state index is 0.0565. The van der Waals surface area contributed by atoms with Crippen molar-refractivity contribution in [1.29, 1.82) is 0 Å². The SMILES string of the molecule is CCCOc1ccc(C(=O)/C=C/c2cc(OCCC)c(C(C)(C)C)c(OCCC)c2)cc1. The molecule has 0 amide bonds. The van der Waals surface area contributed by atoms with E-state index in [-0.39, 0.29) is 11.2 Å². The fourth-order valence-electron chi connectivity index (χ4n) is 3.30. The van der Waals surface area contributed by atoms with Crippen LogP contribution in [-0.4, -0.2) is 25.6 Å². The van der Waals surface area contributed by atoms with Gasteiger partial charge in [0.25, 0.3) is 0 Å². The topological polar surface area (TPSA) is 44.8 Å². The Bertz CT molecular complexity index is 860. The third-order valence-electron chi connectivity index (χ3n) is 4.80. The fourth-order valence-corrected chi connectivity index (χ4v) is 3.30.